The first-order valence-electron chi connectivity index (χ1n) is 8.10. The number of carboxylic acids is 1. The second-order valence-electron chi connectivity index (χ2n) is 6.46. The van der Waals surface area contributed by atoms with Crippen molar-refractivity contribution >= 4 is 24.4 Å². The van der Waals surface area contributed by atoms with Crippen LogP contribution in [-0.4, -0.2) is 40.1 Å². The van der Waals surface area contributed by atoms with Crippen LogP contribution in [0.3, 0.4) is 0 Å². The van der Waals surface area contributed by atoms with Crippen molar-refractivity contribution in [3.05, 3.63) is 47.3 Å². The molecule has 1 saturated carbocycles. The zero-order chi connectivity index (χ0) is 17.3. The summed E-state index contributed by atoms with van der Waals surface area (Å²) in [6.45, 7) is 1.05. The number of carbonyl (C=O) groups excluding carboxylic acids is 1. The van der Waals surface area contributed by atoms with E-state index >= 15 is 0 Å². The number of carboxylic acid groups (broad SMARTS) is 1. The van der Waals surface area contributed by atoms with Gasteiger partial charge in [0.25, 0.3) is 0 Å². The summed E-state index contributed by atoms with van der Waals surface area (Å²) in [5, 5.41) is 8.92. The number of Topliss-reactive ketones (excluding diaryl/α,β-unsaturated/α-hetero) is 1. The molecule has 0 aromatic heterocycles. The highest BCUT2D eigenvalue weighted by Gasteiger charge is 2.39. The lowest BCUT2D eigenvalue weighted by molar-refractivity contribution is -0.131. The van der Waals surface area contributed by atoms with Crippen molar-refractivity contribution in [3.8, 4) is 0 Å². The van der Waals surface area contributed by atoms with Gasteiger partial charge in [0, 0.05) is 30.3 Å². The lowest BCUT2D eigenvalue weighted by atomic mass is 9.94. The fourth-order valence-corrected chi connectivity index (χ4v) is 3.48. The molecule has 2 atom stereocenters. The highest BCUT2D eigenvalue weighted by Crippen LogP contribution is 2.38. The maximum Gasteiger partial charge on any atom is 0.328 e. The topological polar surface area (TPSA) is 57.6 Å². The van der Waals surface area contributed by atoms with Gasteiger partial charge >= 0.3 is 5.97 Å². The van der Waals surface area contributed by atoms with Gasteiger partial charge in [0.05, 0.1) is 6.04 Å². The minimum atomic E-state index is -1.00. The predicted molar refractivity (Wildman–Crippen MR) is 91.6 cm³/mol. The third-order valence-electron chi connectivity index (χ3n) is 4.61. The normalized spacial score (nSPS) is 24.8. The molecular formula is C18H20FNO3S. The van der Waals surface area contributed by atoms with Crippen LogP contribution in [0.5, 0.6) is 0 Å². The molecule has 128 valence electrons. The number of hydrogen-bond donors (Lipinski definition) is 2. The molecule has 1 aliphatic heterocycles. The van der Waals surface area contributed by atoms with Crippen LogP contribution in [0, 0.1) is 11.7 Å². The molecule has 4 nitrogen and oxygen atoms in total. The fraction of sp³-hybridized carbons (Fsp3) is 0.444. The van der Waals surface area contributed by atoms with Crippen molar-refractivity contribution in [1.29, 1.82) is 0 Å². The summed E-state index contributed by atoms with van der Waals surface area (Å²) in [6.07, 6.45) is 3.67. The van der Waals surface area contributed by atoms with Gasteiger partial charge in [-0.15, -0.1) is 0 Å². The Bertz CT molecular complexity index is 669. The van der Waals surface area contributed by atoms with Gasteiger partial charge in [0.1, 0.15) is 5.82 Å². The monoisotopic (exact) mass is 349 g/mol. The average molecular weight is 349 g/mol. The van der Waals surface area contributed by atoms with Crippen molar-refractivity contribution in [3.63, 3.8) is 0 Å². The van der Waals surface area contributed by atoms with Crippen LogP contribution in [0.15, 0.2) is 35.9 Å². The molecule has 1 aromatic carbocycles. The Morgan fingerprint density at radius 2 is 1.92 bits per heavy atom. The Labute approximate surface area is 145 Å². The standard InChI is InChI=1S/C18H20FNO3S/c19-14-5-3-11(4-6-14)17(18(23)12-1-2-12)20-8-7-15(24)13(10-20)9-16(21)22/h3-6,9,12,15,17,24H,1-2,7-8,10H2,(H,21,22)/b13-9-. The third-order valence-corrected chi connectivity index (χ3v) is 5.20. The van der Waals surface area contributed by atoms with Gasteiger partial charge in [-0.05, 0) is 42.5 Å². The zero-order valence-corrected chi connectivity index (χ0v) is 14.1. The maximum absolute atomic E-state index is 13.2. The lowest BCUT2D eigenvalue weighted by Crippen LogP contribution is -2.42. The number of halogens is 1. The SMILES string of the molecule is O=C(O)/C=C1/CN(C(C(=O)C2CC2)c2ccc(F)cc2)CCC1S. The number of carbonyl (C=O) groups is 2. The molecule has 0 radical (unpaired) electrons. The summed E-state index contributed by atoms with van der Waals surface area (Å²) < 4.78 is 13.2. The molecule has 2 aliphatic rings. The van der Waals surface area contributed by atoms with Crippen molar-refractivity contribution < 1.29 is 19.1 Å². The number of hydrogen-bond acceptors (Lipinski definition) is 4. The summed E-state index contributed by atoms with van der Waals surface area (Å²) in [4.78, 5) is 25.8. The van der Waals surface area contributed by atoms with E-state index in [1.165, 1.54) is 18.2 Å². The molecule has 0 amide bonds. The van der Waals surface area contributed by atoms with E-state index in [0.717, 1.165) is 18.4 Å². The van der Waals surface area contributed by atoms with E-state index in [1.54, 1.807) is 12.1 Å². The molecule has 3 rings (SSSR count). The van der Waals surface area contributed by atoms with E-state index in [-0.39, 0.29) is 22.8 Å². The molecule has 1 aromatic rings. The van der Waals surface area contributed by atoms with E-state index in [1.807, 2.05) is 4.90 Å². The maximum atomic E-state index is 13.2. The van der Waals surface area contributed by atoms with Gasteiger partial charge in [-0.2, -0.15) is 12.6 Å². The predicted octanol–water partition coefficient (Wildman–Crippen LogP) is 2.86. The fourth-order valence-electron chi connectivity index (χ4n) is 3.20. The molecule has 2 unspecified atom stereocenters. The van der Waals surface area contributed by atoms with Gasteiger partial charge in [0.15, 0.2) is 5.78 Å². The van der Waals surface area contributed by atoms with E-state index in [4.69, 9.17) is 5.11 Å². The first-order chi connectivity index (χ1) is 11.5. The molecule has 1 saturated heterocycles. The highest BCUT2D eigenvalue weighted by molar-refractivity contribution is 7.81. The number of likely N-dealkylation sites (tertiary alicyclic amines) is 1. The third kappa shape index (κ3) is 3.87. The quantitative estimate of drug-likeness (QED) is 0.634. The van der Waals surface area contributed by atoms with Crippen LogP contribution < -0.4 is 0 Å². The van der Waals surface area contributed by atoms with Gasteiger partial charge in [-0.1, -0.05) is 12.1 Å². The van der Waals surface area contributed by atoms with E-state index in [2.05, 4.69) is 12.6 Å². The molecule has 6 heteroatoms. The number of ketones is 1. The Balaban J connectivity index is 1.89. The highest BCUT2D eigenvalue weighted by atomic mass is 32.1. The van der Waals surface area contributed by atoms with Crippen LogP contribution in [0.1, 0.15) is 30.9 Å². The van der Waals surface area contributed by atoms with Crippen molar-refractivity contribution in [2.75, 3.05) is 13.1 Å². The van der Waals surface area contributed by atoms with Gasteiger partial charge in [-0.3, -0.25) is 9.69 Å². The molecule has 0 bridgehead atoms. The summed E-state index contributed by atoms with van der Waals surface area (Å²) in [5.41, 5.74) is 1.47. The van der Waals surface area contributed by atoms with Gasteiger partial charge in [-0.25, -0.2) is 9.18 Å². The van der Waals surface area contributed by atoms with Crippen molar-refractivity contribution in [1.82, 2.24) is 4.90 Å². The number of nitrogens with zero attached hydrogens (tertiary/aromatic N) is 1. The second-order valence-corrected chi connectivity index (χ2v) is 7.09. The van der Waals surface area contributed by atoms with Crippen molar-refractivity contribution in [2.45, 2.75) is 30.6 Å². The average Bonchev–Trinajstić information content (AvgIpc) is 3.37. The number of rotatable bonds is 5. The minimum absolute atomic E-state index is 0.0701. The molecule has 2 fully saturated rings. The number of thiol groups is 1. The van der Waals surface area contributed by atoms with Crippen LogP contribution in [0.2, 0.25) is 0 Å². The number of benzene rings is 1. The first kappa shape index (κ1) is 17.2. The van der Waals surface area contributed by atoms with Crippen LogP contribution >= 0.6 is 12.6 Å². The Kier molecular flexibility index (Phi) is 5.06. The number of aliphatic carboxylic acids is 1. The van der Waals surface area contributed by atoms with Crippen LogP contribution in [-0.2, 0) is 9.59 Å². The summed E-state index contributed by atoms with van der Waals surface area (Å²) in [7, 11) is 0. The van der Waals surface area contributed by atoms with E-state index < -0.39 is 12.0 Å². The molecule has 24 heavy (non-hydrogen) atoms. The number of piperidine rings is 1. The summed E-state index contributed by atoms with van der Waals surface area (Å²) in [6, 6.07) is 5.57. The van der Waals surface area contributed by atoms with Crippen molar-refractivity contribution in [2.24, 2.45) is 5.92 Å². The molecule has 0 spiro atoms. The lowest BCUT2D eigenvalue weighted by Gasteiger charge is -2.37. The first-order valence-corrected chi connectivity index (χ1v) is 8.62. The van der Waals surface area contributed by atoms with E-state index in [0.29, 0.717) is 25.1 Å². The molecule has 1 aliphatic carbocycles. The van der Waals surface area contributed by atoms with Gasteiger partial charge < -0.3 is 5.11 Å². The smallest absolute Gasteiger partial charge is 0.328 e. The summed E-state index contributed by atoms with van der Waals surface area (Å²) in [5.74, 6) is -1.12. The molecule has 1 heterocycles. The Morgan fingerprint density at radius 3 is 2.50 bits per heavy atom. The largest absolute Gasteiger partial charge is 0.478 e. The Morgan fingerprint density at radius 1 is 1.25 bits per heavy atom. The van der Waals surface area contributed by atoms with E-state index in [9.17, 15) is 14.0 Å². The second kappa shape index (κ2) is 7.07. The molecular weight excluding hydrogens is 329 g/mol. The van der Waals surface area contributed by atoms with Gasteiger partial charge in [0.2, 0.25) is 0 Å². The Hall–Kier alpha value is -1.66. The minimum Gasteiger partial charge on any atom is -0.478 e. The molecule has 1 N–H and O–H groups in total. The van der Waals surface area contributed by atoms with Crippen LogP contribution in [0.4, 0.5) is 4.39 Å². The zero-order valence-electron chi connectivity index (χ0n) is 13.2. The summed E-state index contributed by atoms with van der Waals surface area (Å²) >= 11 is 4.45. The van der Waals surface area contributed by atoms with Crippen LogP contribution in [0.25, 0.3) is 0 Å².